The van der Waals surface area contributed by atoms with Crippen LogP contribution in [0.4, 0.5) is 19.0 Å². The summed E-state index contributed by atoms with van der Waals surface area (Å²) in [5.74, 6) is -0.0952. The highest BCUT2D eigenvalue weighted by molar-refractivity contribution is 7.90. The Balaban J connectivity index is 1.60. The molecule has 0 radical (unpaired) electrons. The summed E-state index contributed by atoms with van der Waals surface area (Å²) in [6.45, 7) is 0.736. The normalized spacial score (nSPS) is 14.8. The van der Waals surface area contributed by atoms with Crippen LogP contribution in [-0.4, -0.2) is 62.4 Å². The third-order valence-electron chi connectivity index (χ3n) is 6.38. The third-order valence-corrected chi connectivity index (χ3v) is 7.48. The first kappa shape index (κ1) is 27.4. The van der Waals surface area contributed by atoms with Gasteiger partial charge in [-0.25, -0.2) is 33.3 Å². The molecule has 210 valence electrons. The number of nitrogens with one attached hydrogen (secondary N) is 1. The molecule has 4 heterocycles. The maximum Gasteiger partial charge on any atom is 0.409 e. The number of hydrogen-bond donors (Lipinski definition) is 1. The summed E-state index contributed by atoms with van der Waals surface area (Å²) in [6.07, 6.45) is 1.71. The highest BCUT2D eigenvalue weighted by atomic mass is 32.2. The summed E-state index contributed by atoms with van der Waals surface area (Å²) in [5.41, 5.74) is -0.156. The van der Waals surface area contributed by atoms with Crippen molar-refractivity contribution in [2.24, 2.45) is 0 Å². The lowest BCUT2D eigenvalue weighted by Crippen LogP contribution is -2.35. The molecule has 12 nitrogen and oxygen atoms in total. The highest BCUT2D eigenvalue weighted by Gasteiger charge is 2.40. The van der Waals surface area contributed by atoms with Crippen molar-refractivity contribution in [3.63, 3.8) is 0 Å². The molecule has 0 spiro atoms. The van der Waals surface area contributed by atoms with Crippen LogP contribution in [0.3, 0.4) is 0 Å². The predicted octanol–water partition coefficient (Wildman–Crippen LogP) is 3.06. The smallest absolute Gasteiger partial charge is 0.409 e. The monoisotopic (exact) mass is 576 g/mol. The molecule has 1 saturated carbocycles. The zero-order valence-electron chi connectivity index (χ0n) is 21.5. The van der Waals surface area contributed by atoms with E-state index in [4.69, 9.17) is 4.74 Å². The lowest BCUT2D eigenvalue weighted by molar-refractivity contribution is -0.162. The molecule has 0 amide bonds. The Morgan fingerprint density at radius 3 is 2.48 bits per heavy atom. The number of ether oxygens (including phenoxy) is 1. The first-order chi connectivity index (χ1) is 18.9. The van der Waals surface area contributed by atoms with Gasteiger partial charge in [-0.1, -0.05) is 0 Å². The van der Waals surface area contributed by atoms with Crippen LogP contribution in [-0.2, 0) is 16.4 Å². The Morgan fingerprint density at radius 2 is 1.88 bits per heavy atom. The van der Waals surface area contributed by atoms with Gasteiger partial charge in [-0.3, -0.25) is 14.3 Å². The van der Waals surface area contributed by atoms with Gasteiger partial charge in [0.1, 0.15) is 23.4 Å². The van der Waals surface area contributed by atoms with Crippen molar-refractivity contribution in [1.29, 1.82) is 0 Å². The van der Waals surface area contributed by atoms with Crippen molar-refractivity contribution in [3.05, 3.63) is 52.6 Å². The van der Waals surface area contributed by atoms with Gasteiger partial charge >= 0.3 is 6.18 Å². The minimum absolute atomic E-state index is 0.000296. The molecule has 4 aromatic heterocycles. The van der Waals surface area contributed by atoms with E-state index in [1.54, 1.807) is 0 Å². The standard InChI is InChI=1S/C24H23F3N8O4S/c1-12(24(25,26)27)35-21-16(10-30-19(34-21)17-18(13-4-5-13)31-11-32-22(17)39-2)33-20(23(35)36)29-8-14-6-7-15(9-28-14)40(3,37)38/h6-7,9-13H,4-5,8H2,1-3H3,(H,29,33). The van der Waals surface area contributed by atoms with Crippen molar-refractivity contribution in [1.82, 2.24) is 34.5 Å². The van der Waals surface area contributed by atoms with Crippen LogP contribution in [0.2, 0.25) is 0 Å². The molecule has 1 unspecified atom stereocenters. The van der Waals surface area contributed by atoms with Crippen LogP contribution in [0.15, 0.2) is 40.5 Å². The minimum atomic E-state index is -4.78. The van der Waals surface area contributed by atoms with E-state index in [2.05, 4.69) is 35.2 Å². The van der Waals surface area contributed by atoms with E-state index in [0.29, 0.717) is 21.5 Å². The Labute approximate surface area is 225 Å². The number of aromatic nitrogens is 7. The number of fused-ring (bicyclic) bond motifs is 1. The molecule has 16 heteroatoms. The molecule has 0 bridgehead atoms. The van der Waals surface area contributed by atoms with E-state index in [-0.39, 0.29) is 46.0 Å². The number of sulfone groups is 1. The highest BCUT2D eigenvalue weighted by Crippen LogP contribution is 2.45. The molecular formula is C24H23F3N8O4S. The number of halogens is 3. The van der Waals surface area contributed by atoms with Crippen molar-refractivity contribution >= 4 is 26.8 Å². The number of nitrogens with zero attached hydrogens (tertiary/aromatic N) is 7. The molecule has 4 aromatic rings. The quantitative estimate of drug-likeness (QED) is 0.329. The van der Waals surface area contributed by atoms with Gasteiger partial charge in [0.05, 0.1) is 36.1 Å². The molecule has 0 saturated heterocycles. The molecular weight excluding hydrogens is 553 g/mol. The Morgan fingerprint density at radius 1 is 1.12 bits per heavy atom. The van der Waals surface area contributed by atoms with E-state index in [9.17, 15) is 26.4 Å². The van der Waals surface area contributed by atoms with Gasteiger partial charge < -0.3 is 10.1 Å². The Hall–Kier alpha value is -4.21. The molecule has 0 aliphatic heterocycles. The van der Waals surface area contributed by atoms with Crippen LogP contribution in [0.25, 0.3) is 22.6 Å². The van der Waals surface area contributed by atoms with Gasteiger partial charge in [-0.2, -0.15) is 13.2 Å². The maximum atomic E-state index is 13.9. The first-order valence-corrected chi connectivity index (χ1v) is 13.9. The second-order valence-corrected chi connectivity index (χ2v) is 11.3. The SMILES string of the molecule is COc1ncnc(C2CC2)c1-c1ncc2nc(NCc3ccc(S(C)(=O)=O)cn3)c(=O)n(C(C)C(F)(F)F)c2n1. The molecule has 0 aromatic carbocycles. The van der Waals surface area contributed by atoms with E-state index >= 15 is 0 Å². The number of pyridine rings is 1. The van der Waals surface area contributed by atoms with Crippen LogP contribution < -0.4 is 15.6 Å². The lowest BCUT2D eigenvalue weighted by atomic mass is 10.1. The summed E-state index contributed by atoms with van der Waals surface area (Å²) in [5, 5.41) is 2.70. The third kappa shape index (κ3) is 5.30. The van der Waals surface area contributed by atoms with Crippen molar-refractivity contribution in [3.8, 4) is 17.3 Å². The summed E-state index contributed by atoms with van der Waals surface area (Å²) in [6, 6.07) is 0.505. The zero-order valence-corrected chi connectivity index (χ0v) is 22.3. The fourth-order valence-corrected chi connectivity index (χ4v) is 4.62. The predicted molar refractivity (Wildman–Crippen MR) is 137 cm³/mol. The summed E-state index contributed by atoms with van der Waals surface area (Å²) in [4.78, 5) is 38.7. The average Bonchev–Trinajstić information content (AvgIpc) is 3.76. The van der Waals surface area contributed by atoms with Crippen LogP contribution in [0, 0.1) is 0 Å². The molecule has 5 rings (SSSR count). The number of rotatable bonds is 8. The van der Waals surface area contributed by atoms with Gasteiger partial charge in [0.15, 0.2) is 27.1 Å². The van der Waals surface area contributed by atoms with E-state index in [1.807, 2.05) is 0 Å². The van der Waals surface area contributed by atoms with Gasteiger partial charge in [0.25, 0.3) is 5.56 Å². The Bertz CT molecular complexity index is 1760. The van der Waals surface area contributed by atoms with E-state index < -0.39 is 27.6 Å². The van der Waals surface area contributed by atoms with Crippen LogP contribution in [0.1, 0.15) is 43.1 Å². The van der Waals surface area contributed by atoms with Gasteiger partial charge in [0, 0.05) is 18.4 Å². The van der Waals surface area contributed by atoms with Crippen LogP contribution >= 0.6 is 0 Å². The average molecular weight is 577 g/mol. The van der Waals surface area contributed by atoms with Gasteiger partial charge in [0.2, 0.25) is 5.88 Å². The van der Waals surface area contributed by atoms with Crippen molar-refractivity contribution < 1.29 is 26.3 Å². The largest absolute Gasteiger partial charge is 0.480 e. The second-order valence-electron chi connectivity index (χ2n) is 9.28. The minimum Gasteiger partial charge on any atom is -0.480 e. The van der Waals surface area contributed by atoms with E-state index in [1.165, 1.54) is 31.8 Å². The topological polar surface area (TPSA) is 155 Å². The van der Waals surface area contributed by atoms with Gasteiger partial charge in [-0.05, 0) is 31.9 Å². The fraction of sp³-hybridized carbons (Fsp3) is 0.375. The fourth-order valence-electron chi connectivity index (χ4n) is 4.06. The number of anilines is 1. The first-order valence-electron chi connectivity index (χ1n) is 12.0. The summed E-state index contributed by atoms with van der Waals surface area (Å²) < 4.78 is 71.0. The molecule has 1 N–H and O–H groups in total. The van der Waals surface area contributed by atoms with Crippen molar-refractivity contribution in [2.45, 2.75) is 49.3 Å². The summed E-state index contributed by atoms with van der Waals surface area (Å²) in [7, 11) is -2.07. The van der Waals surface area contributed by atoms with E-state index in [0.717, 1.165) is 32.2 Å². The summed E-state index contributed by atoms with van der Waals surface area (Å²) >= 11 is 0. The number of alkyl halides is 3. The molecule has 40 heavy (non-hydrogen) atoms. The second kappa shape index (κ2) is 10.1. The maximum absolute atomic E-state index is 13.9. The zero-order chi connectivity index (χ0) is 28.8. The van der Waals surface area contributed by atoms with Gasteiger partial charge in [-0.15, -0.1) is 0 Å². The molecule has 1 fully saturated rings. The van der Waals surface area contributed by atoms with Crippen LogP contribution in [0.5, 0.6) is 5.88 Å². The number of hydrogen-bond acceptors (Lipinski definition) is 11. The molecule has 1 aliphatic carbocycles. The number of methoxy groups -OCH3 is 1. The Kier molecular flexibility index (Phi) is 6.89. The lowest BCUT2D eigenvalue weighted by Gasteiger charge is -2.21. The molecule has 1 aliphatic rings. The molecule has 1 atom stereocenters. The van der Waals surface area contributed by atoms with Crippen molar-refractivity contribution in [2.75, 3.05) is 18.7 Å².